The zero-order valence-electron chi connectivity index (χ0n) is 13.9. The van der Waals surface area contributed by atoms with Gasteiger partial charge in [-0.05, 0) is 37.6 Å². The first-order valence-electron chi connectivity index (χ1n) is 7.75. The maximum absolute atomic E-state index is 12.0. The molecule has 0 bridgehead atoms. The van der Waals surface area contributed by atoms with E-state index in [1.165, 1.54) is 28.7 Å². The maximum atomic E-state index is 12.0. The number of nitrogens with one attached hydrogen (secondary N) is 2. The molecule has 0 spiro atoms. The zero-order valence-corrected chi connectivity index (χ0v) is 15.6. The summed E-state index contributed by atoms with van der Waals surface area (Å²) in [4.78, 5) is 12.0. The predicted octanol–water partition coefficient (Wildman–Crippen LogP) is 4.63. The molecule has 0 aliphatic heterocycles. The molecule has 7 heteroatoms. The predicted molar refractivity (Wildman–Crippen MR) is 105 cm³/mol. The van der Waals surface area contributed by atoms with Crippen molar-refractivity contribution in [3.8, 4) is 0 Å². The van der Waals surface area contributed by atoms with Crippen LogP contribution in [0.4, 0.5) is 16.5 Å². The third-order valence-corrected chi connectivity index (χ3v) is 5.39. The molecule has 3 rings (SSSR count). The van der Waals surface area contributed by atoms with Crippen LogP contribution in [0.1, 0.15) is 11.1 Å². The van der Waals surface area contributed by atoms with E-state index in [1.807, 2.05) is 36.4 Å². The summed E-state index contributed by atoms with van der Waals surface area (Å²) in [6, 6.07) is 15.6. The Balaban J connectivity index is 1.54. The first kappa shape index (κ1) is 17.4. The summed E-state index contributed by atoms with van der Waals surface area (Å²) in [6.45, 7) is 4.12. The van der Waals surface area contributed by atoms with Crippen molar-refractivity contribution in [1.82, 2.24) is 10.2 Å². The fourth-order valence-electron chi connectivity index (χ4n) is 2.23. The van der Waals surface area contributed by atoms with Crippen LogP contribution >= 0.6 is 23.1 Å². The van der Waals surface area contributed by atoms with E-state index in [2.05, 4.69) is 46.8 Å². The van der Waals surface area contributed by atoms with Crippen molar-refractivity contribution in [2.45, 2.75) is 18.2 Å². The van der Waals surface area contributed by atoms with Gasteiger partial charge in [-0.25, -0.2) is 0 Å². The smallest absolute Gasteiger partial charge is 0.234 e. The second-order valence-electron chi connectivity index (χ2n) is 5.52. The molecular formula is C18H18N4OS2. The van der Waals surface area contributed by atoms with Crippen LogP contribution in [-0.4, -0.2) is 21.9 Å². The quantitative estimate of drug-likeness (QED) is 0.619. The lowest BCUT2D eigenvalue weighted by Crippen LogP contribution is -2.13. The molecule has 1 heterocycles. The number of carbonyl (C=O) groups excluding carboxylic acids is 1. The maximum Gasteiger partial charge on any atom is 0.234 e. The number of para-hydroxylation sites is 1. The third kappa shape index (κ3) is 5.04. The first-order chi connectivity index (χ1) is 12.1. The normalized spacial score (nSPS) is 10.5. The standard InChI is InChI=1S/C18H18N4OS2/c1-12-8-9-15(13(2)10-12)20-17-21-22-18(25-17)24-11-16(23)19-14-6-4-3-5-7-14/h3-10H,11H2,1-2H3,(H,19,23)(H,20,21). The van der Waals surface area contributed by atoms with Crippen LogP contribution in [0.2, 0.25) is 0 Å². The van der Waals surface area contributed by atoms with Crippen LogP contribution in [0, 0.1) is 13.8 Å². The Morgan fingerprint density at radius 2 is 1.92 bits per heavy atom. The molecule has 2 aromatic carbocycles. The van der Waals surface area contributed by atoms with Gasteiger partial charge in [0, 0.05) is 11.4 Å². The number of hydrogen-bond acceptors (Lipinski definition) is 6. The van der Waals surface area contributed by atoms with Gasteiger partial charge in [-0.15, -0.1) is 10.2 Å². The molecular weight excluding hydrogens is 352 g/mol. The molecule has 5 nitrogen and oxygen atoms in total. The molecule has 0 unspecified atom stereocenters. The molecule has 0 atom stereocenters. The van der Waals surface area contributed by atoms with E-state index in [1.54, 1.807) is 0 Å². The fraction of sp³-hybridized carbons (Fsp3) is 0.167. The van der Waals surface area contributed by atoms with Gasteiger partial charge in [0.05, 0.1) is 5.75 Å². The number of aryl methyl sites for hydroxylation is 2. The third-order valence-electron chi connectivity index (χ3n) is 3.41. The fourth-order valence-corrected chi connectivity index (χ4v) is 3.80. The Morgan fingerprint density at radius 3 is 2.68 bits per heavy atom. The van der Waals surface area contributed by atoms with Gasteiger partial charge in [0.25, 0.3) is 0 Å². The van der Waals surface area contributed by atoms with Crippen LogP contribution in [0.3, 0.4) is 0 Å². The summed E-state index contributed by atoms with van der Waals surface area (Å²) in [5, 5.41) is 15.1. The minimum absolute atomic E-state index is 0.0599. The summed E-state index contributed by atoms with van der Waals surface area (Å²) in [5.74, 6) is 0.239. The van der Waals surface area contributed by atoms with Gasteiger partial charge in [0.2, 0.25) is 11.0 Å². The second-order valence-corrected chi connectivity index (χ2v) is 7.72. The van der Waals surface area contributed by atoms with Gasteiger partial charge in [-0.3, -0.25) is 4.79 Å². The summed E-state index contributed by atoms with van der Waals surface area (Å²) < 4.78 is 0.760. The number of nitrogens with zero attached hydrogens (tertiary/aromatic N) is 2. The number of amides is 1. The van der Waals surface area contributed by atoms with E-state index in [9.17, 15) is 4.79 Å². The van der Waals surface area contributed by atoms with Crippen LogP contribution in [0.5, 0.6) is 0 Å². The lowest BCUT2D eigenvalue weighted by atomic mass is 10.1. The average Bonchev–Trinajstić information content (AvgIpc) is 3.04. The second kappa shape index (κ2) is 8.13. The number of benzene rings is 2. The van der Waals surface area contributed by atoms with E-state index < -0.39 is 0 Å². The summed E-state index contributed by atoms with van der Waals surface area (Å²) in [5.41, 5.74) is 4.19. The van der Waals surface area contributed by atoms with Crippen LogP contribution < -0.4 is 10.6 Å². The highest BCUT2D eigenvalue weighted by atomic mass is 32.2. The van der Waals surface area contributed by atoms with Crippen molar-refractivity contribution < 1.29 is 4.79 Å². The van der Waals surface area contributed by atoms with E-state index in [4.69, 9.17) is 0 Å². The largest absolute Gasteiger partial charge is 0.330 e. The van der Waals surface area contributed by atoms with Gasteiger partial charge in [-0.1, -0.05) is 59.0 Å². The first-order valence-corrected chi connectivity index (χ1v) is 9.56. The van der Waals surface area contributed by atoms with Crippen molar-refractivity contribution in [3.63, 3.8) is 0 Å². The SMILES string of the molecule is Cc1ccc(Nc2nnc(SCC(=O)Nc3ccccc3)s2)c(C)c1. The highest BCUT2D eigenvalue weighted by Crippen LogP contribution is 2.29. The topological polar surface area (TPSA) is 66.9 Å². The average molecular weight is 371 g/mol. The van der Waals surface area contributed by atoms with E-state index in [-0.39, 0.29) is 5.91 Å². The van der Waals surface area contributed by atoms with Gasteiger partial charge in [0.1, 0.15) is 0 Å². The van der Waals surface area contributed by atoms with Crippen LogP contribution in [0.15, 0.2) is 52.9 Å². The van der Waals surface area contributed by atoms with Crippen molar-refractivity contribution >= 4 is 45.5 Å². The monoisotopic (exact) mass is 370 g/mol. The number of rotatable bonds is 6. The van der Waals surface area contributed by atoms with E-state index in [0.717, 1.165) is 26.4 Å². The lowest BCUT2D eigenvalue weighted by molar-refractivity contribution is -0.113. The zero-order chi connectivity index (χ0) is 17.6. The molecule has 25 heavy (non-hydrogen) atoms. The number of aromatic nitrogens is 2. The Labute approximate surface area is 154 Å². The van der Waals surface area contributed by atoms with Crippen LogP contribution in [0.25, 0.3) is 0 Å². The number of carbonyl (C=O) groups is 1. The number of thioether (sulfide) groups is 1. The van der Waals surface area contributed by atoms with Gasteiger partial charge >= 0.3 is 0 Å². The Morgan fingerprint density at radius 1 is 1.12 bits per heavy atom. The molecule has 1 aromatic heterocycles. The molecule has 0 aliphatic carbocycles. The molecule has 0 saturated carbocycles. The Hall–Kier alpha value is -2.38. The van der Waals surface area contributed by atoms with Gasteiger partial charge < -0.3 is 10.6 Å². The Kier molecular flexibility index (Phi) is 5.67. The molecule has 1 amide bonds. The molecule has 3 aromatic rings. The minimum atomic E-state index is -0.0599. The minimum Gasteiger partial charge on any atom is -0.330 e. The van der Waals surface area contributed by atoms with E-state index in [0.29, 0.717) is 5.75 Å². The highest BCUT2D eigenvalue weighted by molar-refractivity contribution is 8.01. The van der Waals surface area contributed by atoms with Crippen molar-refractivity contribution in [1.29, 1.82) is 0 Å². The number of hydrogen-bond donors (Lipinski definition) is 2. The molecule has 0 saturated heterocycles. The van der Waals surface area contributed by atoms with Crippen molar-refractivity contribution in [2.24, 2.45) is 0 Å². The molecule has 128 valence electrons. The van der Waals surface area contributed by atoms with Crippen molar-refractivity contribution in [3.05, 3.63) is 59.7 Å². The summed E-state index contributed by atoms with van der Waals surface area (Å²) >= 11 is 2.82. The lowest BCUT2D eigenvalue weighted by Gasteiger charge is -2.06. The summed E-state index contributed by atoms with van der Waals surface area (Å²) in [6.07, 6.45) is 0. The van der Waals surface area contributed by atoms with Crippen LogP contribution in [-0.2, 0) is 4.79 Å². The molecule has 2 N–H and O–H groups in total. The number of anilines is 3. The Bertz CT molecular complexity index is 865. The van der Waals surface area contributed by atoms with Gasteiger partial charge in [-0.2, -0.15) is 0 Å². The molecule has 0 fully saturated rings. The van der Waals surface area contributed by atoms with Gasteiger partial charge in [0.15, 0.2) is 4.34 Å². The van der Waals surface area contributed by atoms with E-state index >= 15 is 0 Å². The molecule has 0 radical (unpaired) electrons. The highest BCUT2D eigenvalue weighted by Gasteiger charge is 2.09. The molecule has 0 aliphatic rings. The van der Waals surface area contributed by atoms with Crippen molar-refractivity contribution in [2.75, 3.05) is 16.4 Å². The summed E-state index contributed by atoms with van der Waals surface area (Å²) in [7, 11) is 0.